The third-order valence-corrected chi connectivity index (χ3v) is 5.67. The summed E-state index contributed by atoms with van der Waals surface area (Å²) in [6, 6.07) is 16.2. The number of ether oxygens (including phenoxy) is 1. The highest BCUT2D eigenvalue weighted by Crippen LogP contribution is 2.37. The summed E-state index contributed by atoms with van der Waals surface area (Å²) in [6.07, 6.45) is 1.57. The van der Waals surface area contributed by atoms with E-state index in [2.05, 4.69) is 4.98 Å². The number of amides is 1. The first-order valence-electron chi connectivity index (χ1n) is 8.25. The number of fused-ring (bicyclic) bond motifs is 1. The highest BCUT2D eigenvalue weighted by atomic mass is 35.5. The predicted octanol–water partition coefficient (Wildman–Crippen LogP) is 5.93. The van der Waals surface area contributed by atoms with Crippen LogP contribution in [0.4, 0.5) is 5.69 Å². The van der Waals surface area contributed by atoms with Crippen molar-refractivity contribution in [2.45, 2.75) is 4.90 Å². The van der Waals surface area contributed by atoms with E-state index >= 15 is 0 Å². The number of nitrogens with zero attached hydrogens (tertiary/aromatic N) is 2. The smallest absolute Gasteiger partial charge is 0.263 e. The van der Waals surface area contributed by atoms with E-state index in [1.54, 1.807) is 53.2 Å². The van der Waals surface area contributed by atoms with Crippen LogP contribution in [0.5, 0.6) is 11.6 Å². The Morgan fingerprint density at radius 2 is 1.96 bits per heavy atom. The maximum atomic E-state index is 13.3. The lowest BCUT2D eigenvalue weighted by molar-refractivity contribution is 0.0985. The molecule has 0 saturated heterocycles. The van der Waals surface area contributed by atoms with E-state index in [1.165, 1.54) is 0 Å². The van der Waals surface area contributed by atoms with Crippen molar-refractivity contribution in [2.24, 2.45) is 0 Å². The van der Waals surface area contributed by atoms with Gasteiger partial charge in [0.25, 0.3) is 5.91 Å². The molecule has 4 nitrogen and oxygen atoms in total. The molecular weight excluding hydrogens is 403 g/mol. The first kappa shape index (κ1) is 18.2. The minimum atomic E-state index is -0.163. The molecule has 1 aliphatic rings. The minimum Gasteiger partial charge on any atom is -0.437 e. The van der Waals surface area contributed by atoms with Gasteiger partial charge in [0.05, 0.1) is 10.7 Å². The molecular formula is C20H14Cl2N2O2S. The van der Waals surface area contributed by atoms with Crippen LogP contribution in [0.2, 0.25) is 10.0 Å². The topological polar surface area (TPSA) is 42.4 Å². The normalized spacial score (nSPS) is 13.2. The Balaban J connectivity index is 1.69. The molecule has 27 heavy (non-hydrogen) atoms. The number of anilines is 1. The maximum Gasteiger partial charge on any atom is 0.263 e. The van der Waals surface area contributed by atoms with Crippen LogP contribution >= 0.6 is 35.0 Å². The number of hydrogen-bond acceptors (Lipinski definition) is 4. The molecule has 0 radical (unpaired) electrons. The molecule has 1 aromatic heterocycles. The van der Waals surface area contributed by atoms with Crippen LogP contribution in [0, 0.1) is 0 Å². The third-order valence-electron chi connectivity index (χ3n) is 4.08. The Kier molecular flexibility index (Phi) is 5.25. The third kappa shape index (κ3) is 3.76. The van der Waals surface area contributed by atoms with Crippen LogP contribution in [0.25, 0.3) is 0 Å². The van der Waals surface area contributed by atoms with Crippen molar-refractivity contribution in [2.75, 3.05) is 17.2 Å². The Labute approximate surface area is 171 Å². The van der Waals surface area contributed by atoms with Gasteiger partial charge in [0.2, 0.25) is 5.88 Å². The van der Waals surface area contributed by atoms with Crippen LogP contribution < -0.4 is 9.64 Å². The average molecular weight is 417 g/mol. The number of carbonyl (C=O) groups excluding carboxylic acids is 1. The highest BCUT2D eigenvalue weighted by molar-refractivity contribution is 7.99. The number of benzene rings is 2. The van der Waals surface area contributed by atoms with Gasteiger partial charge in [-0.3, -0.25) is 4.79 Å². The molecule has 0 saturated carbocycles. The van der Waals surface area contributed by atoms with E-state index < -0.39 is 0 Å². The zero-order chi connectivity index (χ0) is 18.8. The average Bonchev–Trinajstić information content (AvgIpc) is 2.70. The van der Waals surface area contributed by atoms with Gasteiger partial charge in [0.1, 0.15) is 11.3 Å². The molecule has 3 aromatic rings. The molecule has 0 fully saturated rings. The SMILES string of the molecule is O=C(c1cccnc1Oc1cc(Cl)ccc1Cl)N1CCSc2ccccc21. The van der Waals surface area contributed by atoms with Crippen molar-refractivity contribution in [3.8, 4) is 11.6 Å². The van der Waals surface area contributed by atoms with E-state index in [0.717, 1.165) is 16.3 Å². The van der Waals surface area contributed by atoms with Crippen molar-refractivity contribution >= 4 is 46.6 Å². The lowest BCUT2D eigenvalue weighted by Crippen LogP contribution is -2.35. The molecule has 1 aliphatic heterocycles. The van der Waals surface area contributed by atoms with E-state index in [9.17, 15) is 4.79 Å². The predicted molar refractivity (Wildman–Crippen MR) is 110 cm³/mol. The number of carbonyl (C=O) groups is 1. The van der Waals surface area contributed by atoms with Gasteiger partial charge in [-0.1, -0.05) is 35.3 Å². The van der Waals surface area contributed by atoms with Crippen LogP contribution in [0.15, 0.2) is 65.7 Å². The zero-order valence-corrected chi connectivity index (χ0v) is 16.4. The van der Waals surface area contributed by atoms with Gasteiger partial charge in [-0.25, -0.2) is 4.98 Å². The summed E-state index contributed by atoms with van der Waals surface area (Å²) >= 11 is 14.0. The molecule has 0 unspecified atom stereocenters. The van der Waals surface area contributed by atoms with E-state index in [-0.39, 0.29) is 11.8 Å². The number of hydrogen-bond donors (Lipinski definition) is 0. The summed E-state index contributed by atoms with van der Waals surface area (Å²) in [4.78, 5) is 20.3. The van der Waals surface area contributed by atoms with Gasteiger partial charge in [0, 0.05) is 34.5 Å². The van der Waals surface area contributed by atoms with Gasteiger partial charge in [0.15, 0.2) is 0 Å². The summed E-state index contributed by atoms with van der Waals surface area (Å²) in [6.45, 7) is 0.618. The van der Waals surface area contributed by atoms with Crippen molar-refractivity contribution in [3.63, 3.8) is 0 Å². The number of aromatic nitrogens is 1. The molecule has 0 atom stereocenters. The summed E-state index contributed by atoms with van der Waals surface area (Å²) in [5.41, 5.74) is 1.27. The lowest BCUT2D eigenvalue weighted by Gasteiger charge is -2.29. The Morgan fingerprint density at radius 3 is 2.85 bits per heavy atom. The Bertz CT molecular complexity index is 1010. The van der Waals surface area contributed by atoms with Gasteiger partial charge < -0.3 is 9.64 Å². The first-order chi connectivity index (χ1) is 13.1. The van der Waals surface area contributed by atoms with Gasteiger partial charge in [-0.05, 0) is 36.4 Å². The fraction of sp³-hybridized carbons (Fsp3) is 0.100. The highest BCUT2D eigenvalue weighted by Gasteiger charge is 2.26. The van der Waals surface area contributed by atoms with Crippen LogP contribution in [-0.4, -0.2) is 23.2 Å². The fourth-order valence-electron chi connectivity index (χ4n) is 2.82. The molecule has 136 valence electrons. The molecule has 4 rings (SSSR count). The van der Waals surface area contributed by atoms with Crippen molar-refractivity contribution in [1.82, 2.24) is 4.98 Å². The maximum absolute atomic E-state index is 13.3. The molecule has 2 aromatic carbocycles. The van der Waals surface area contributed by atoms with Gasteiger partial charge >= 0.3 is 0 Å². The quantitative estimate of drug-likeness (QED) is 0.530. The Hall–Kier alpha value is -2.21. The second-order valence-electron chi connectivity index (χ2n) is 5.81. The standard InChI is InChI=1S/C20H14Cl2N2O2S/c21-13-7-8-15(22)17(12-13)26-19-14(4-3-9-23-19)20(25)24-10-11-27-18-6-2-1-5-16(18)24/h1-9,12H,10-11H2. The van der Waals surface area contributed by atoms with Crippen molar-refractivity contribution < 1.29 is 9.53 Å². The zero-order valence-electron chi connectivity index (χ0n) is 14.1. The second kappa shape index (κ2) is 7.80. The molecule has 0 spiro atoms. The molecule has 0 bridgehead atoms. The van der Waals surface area contributed by atoms with E-state index in [4.69, 9.17) is 27.9 Å². The van der Waals surface area contributed by atoms with Crippen LogP contribution in [0.1, 0.15) is 10.4 Å². The summed E-state index contributed by atoms with van der Waals surface area (Å²) in [5.74, 6) is 1.22. The van der Waals surface area contributed by atoms with E-state index in [1.807, 2.05) is 24.3 Å². The van der Waals surface area contributed by atoms with E-state index in [0.29, 0.717) is 27.9 Å². The largest absolute Gasteiger partial charge is 0.437 e. The first-order valence-corrected chi connectivity index (χ1v) is 9.99. The number of halogens is 2. The summed E-state index contributed by atoms with van der Waals surface area (Å²) < 4.78 is 5.84. The Morgan fingerprint density at radius 1 is 1.11 bits per heavy atom. The van der Waals surface area contributed by atoms with Gasteiger partial charge in [-0.2, -0.15) is 0 Å². The molecule has 1 amide bonds. The number of thioether (sulfide) groups is 1. The van der Waals surface area contributed by atoms with Gasteiger partial charge in [-0.15, -0.1) is 11.8 Å². The minimum absolute atomic E-state index is 0.163. The fourth-order valence-corrected chi connectivity index (χ4v) is 4.13. The summed E-state index contributed by atoms with van der Waals surface area (Å²) in [7, 11) is 0. The lowest BCUT2D eigenvalue weighted by atomic mass is 10.2. The van der Waals surface area contributed by atoms with Crippen LogP contribution in [0.3, 0.4) is 0 Å². The number of para-hydroxylation sites is 1. The number of pyridine rings is 1. The molecule has 0 aliphatic carbocycles. The monoisotopic (exact) mass is 416 g/mol. The molecule has 0 N–H and O–H groups in total. The van der Waals surface area contributed by atoms with Crippen molar-refractivity contribution in [3.05, 3.63) is 76.4 Å². The number of rotatable bonds is 3. The summed E-state index contributed by atoms with van der Waals surface area (Å²) in [5, 5.41) is 0.878. The molecule has 7 heteroatoms. The van der Waals surface area contributed by atoms with Crippen molar-refractivity contribution in [1.29, 1.82) is 0 Å². The van der Waals surface area contributed by atoms with Crippen LogP contribution in [-0.2, 0) is 0 Å². The second-order valence-corrected chi connectivity index (χ2v) is 7.79. The molecule has 2 heterocycles.